The highest BCUT2D eigenvalue weighted by atomic mass is 16.2. The number of fused-ring (bicyclic) bond motifs is 1. The number of Topliss-reactive ketones (excluding diaryl/α,β-unsaturated/α-hetero) is 1. The van der Waals surface area contributed by atoms with Crippen molar-refractivity contribution in [2.45, 2.75) is 6.92 Å². The van der Waals surface area contributed by atoms with Crippen LogP contribution in [0.3, 0.4) is 0 Å². The lowest BCUT2D eigenvalue weighted by atomic mass is 9.99. The summed E-state index contributed by atoms with van der Waals surface area (Å²) in [7, 11) is 0. The average Bonchev–Trinajstić information content (AvgIpc) is 2.45. The molecule has 16 heavy (non-hydrogen) atoms. The van der Waals surface area contributed by atoms with E-state index in [9.17, 15) is 14.4 Å². The molecular weight excluding hydrogens is 206 g/mol. The number of imide groups is 1. The van der Waals surface area contributed by atoms with Crippen LogP contribution in [0.5, 0.6) is 0 Å². The van der Waals surface area contributed by atoms with Gasteiger partial charge in [0.25, 0.3) is 5.91 Å². The Kier molecular flexibility index (Phi) is 2.56. The summed E-state index contributed by atoms with van der Waals surface area (Å²) < 4.78 is 0. The molecule has 2 rings (SSSR count). The fourth-order valence-electron chi connectivity index (χ4n) is 1.75. The summed E-state index contributed by atoms with van der Waals surface area (Å²) in [6.45, 7) is 1.21. The minimum Gasteiger partial charge on any atom is -0.298 e. The van der Waals surface area contributed by atoms with Gasteiger partial charge in [0, 0.05) is 5.57 Å². The van der Waals surface area contributed by atoms with Crippen molar-refractivity contribution in [1.82, 2.24) is 4.90 Å². The molecule has 0 aromatic rings. The van der Waals surface area contributed by atoms with E-state index in [0.29, 0.717) is 5.57 Å². The molecule has 2 aliphatic rings. The quantitative estimate of drug-likeness (QED) is 0.637. The lowest BCUT2D eigenvalue weighted by molar-refractivity contribution is -0.147. The van der Waals surface area contributed by atoms with Gasteiger partial charge in [0.05, 0.1) is 12.5 Å². The van der Waals surface area contributed by atoms with Crippen LogP contribution in [0.2, 0.25) is 0 Å². The van der Waals surface area contributed by atoms with Gasteiger partial charge in [-0.25, -0.2) is 0 Å². The number of carbonyl (C=O) groups excluding carboxylic acids is 3. The summed E-state index contributed by atoms with van der Waals surface area (Å²) in [5, 5.41) is 0. The van der Waals surface area contributed by atoms with Crippen molar-refractivity contribution in [1.29, 1.82) is 0 Å². The molecule has 4 nitrogen and oxygen atoms in total. The summed E-state index contributed by atoms with van der Waals surface area (Å²) in [5.74, 6) is -1.35. The second-order valence-electron chi connectivity index (χ2n) is 3.82. The summed E-state index contributed by atoms with van der Waals surface area (Å²) in [6.07, 6.45) is 8.44. The Morgan fingerprint density at radius 1 is 1.38 bits per heavy atom. The third kappa shape index (κ3) is 1.74. The third-order valence-corrected chi connectivity index (χ3v) is 2.49. The van der Waals surface area contributed by atoms with Crippen LogP contribution >= 0.6 is 0 Å². The van der Waals surface area contributed by atoms with Gasteiger partial charge in [-0.1, -0.05) is 24.3 Å². The van der Waals surface area contributed by atoms with Crippen LogP contribution in [0.25, 0.3) is 0 Å². The molecule has 0 fully saturated rings. The smallest absolute Gasteiger partial charge is 0.260 e. The van der Waals surface area contributed by atoms with Crippen molar-refractivity contribution >= 4 is 17.6 Å². The predicted molar refractivity (Wildman–Crippen MR) is 57.3 cm³/mol. The number of amides is 2. The maximum Gasteiger partial charge on any atom is 0.260 e. The van der Waals surface area contributed by atoms with Crippen LogP contribution in [0.15, 0.2) is 36.0 Å². The second kappa shape index (κ2) is 3.89. The standard InChI is InChI=1S/C12H11NO3/c1-8(14)7-13-11(15)9-4-2-3-5-10(6-9)12(13)16/h2-6,9H,7H2,1H3. The van der Waals surface area contributed by atoms with Crippen molar-refractivity contribution < 1.29 is 14.4 Å². The average molecular weight is 217 g/mol. The first kappa shape index (κ1) is 10.5. The number of hydrogen-bond acceptors (Lipinski definition) is 3. The van der Waals surface area contributed by atoms with Gasteiger partial charge in [-0.2, -0.15) is 0 Å². The zero-order valence-electron chi connectivity index (χ0n) is 8.84. The summed E-state index contributed by atoms with van der Waals surface area (Å²) in [5.41, 5.74) is 0.468. The van der Waals surface area contributed by atoms with Crippen LogP contribution < -0.4 is 0 Å². The Balaban J connectivity index is 2.37. The predicted octanol–water partition coefficient (Wildman–Crippen LogP) is 0.613. The molecule has 0 spiro atoms. The van der Waals surface area contributed by atoms with E-state index < -0.39 is 11.8 Å². The van der Waals surface area contributed by atoms with Crippen LogP contribution in [0.4, 0.5) is 0 Å². The molecule has 2 amide bonds. The van der Waals surface area contributed by atoms with Crippen LogP contribution in [-0.4, -0.2) is 29.0 Å². The number of allylic oxidation sites excluding steroid dienone is 2. The molecule has 0 aromatic heterocycles. The highest BCUT2D eigenvalue weighted by Crippen LogP contribution is 2.22. The van der Waals surface area contributed by atoms with E-state index in [0.717, 1.165) is 4.90 Å². The maximum atomic E-state index is 11.9. The molecular formula is C12H11NO3. The van der Waals surface area contributed by atoms with Crippen molar-refractivity contribution in [3.63, 3.8) is 0 Å². The molecule has 1 atom stereocenters. The summed E-state index contributed by atoms with van der Waals surface area (Å²) in [4.78, 5) is 35.7. The largest absolute Gasteiger partial charge is 0.298 e. The fraction of sp³-hybridized carbons (Fsp3) is 0.250. The van der Waals surface area contributed by atoms with Gasteiger partial charge >= 0.3 is 0 Å². The molecule has 0 saturated heterocycles. The summed E-state index contributed by atoms with van der Waals surface area (Å²) in [6, 6.07) is 0. The van der Waals surface area contributed by atoms with E-state index in [4.69, 9.17) is 0 Å². The van der Waals surface area contributed by atoms with Crippen LogP contribution in [-0.2, 0) is 14.4 Å². The Labute approximate surface area is 92.9 Å². The first-order chi connectivity index (χ1) is 7.59. The van der Waals surface area contributed by atoms with Crippen molar-refractivity contribution in [3.05, 3.63) is 36.0 Å². The minimum absolute atomic E-state index is 0.146. The van der Waals surface area contributed by atoms with Gasteiger partial charge in [0.1, 0.15) is 5.78 Å². The van der Waals surface area contributed by atoms with Gasteiger partial charge < -0.3 is 0 Å². The molecule has 4 heteroatoms. The Morgan fingerprint density at radius 2 is 2.12 bits per heavy atom. The summed E-state index contributed by atoms with van der Waals surface area (Å²) >= 11 is 0. The molecule has 0 saturated carbocycles. The van der Waals surface area contributed by atoms with Gasteiger partial charge in [-0.05, 0) is 13.0 Å². The maximum absolute atomic E-state index is 11.9. The fourth-order valence-corrected chi connectivity index (χ4v) is 1.75. The van der Waals surface area contributed by atoms with E-state index in [1.165, 1.54) is 6.92 Å². The molecule has 1 unspecified atom stereocenters. The van der Waals surface area contributed by atoms with Crippen molar-refractivity contribution in [3.8, 4) is 0 Å². The number of carbonyl (C=O) groups is 3. The Hall–Kier alpha value is -1.97. The van der Waals surface area contributed by atoms with Gasteiger partial charge in [-0.3, -0.25) is 19.3 Å². The zero-order chi connectivity index (χ0) is 11.7. The molecule has 0 radical (unpaired) electrons. The lowest BCUT2D eigenvalue weighted by Crippen LogP contribution is -2.45. The van der Waals surface area contributed by atoms with Gasteiger partial charge in [0.15, 0.2) is 0 Å². The van der Waals surface area contributed by atoms with Crippen LogP contribution in [0, 0.1) is 5.92 Å². The van der Waals surface area contributed by atoms with Crippen molar-refractivity contribution in [2.24, 2.45) is 5.92 Å². The highest BCUT2D eigenvalue weighted by molar-refractivity contribution is 6.12. The Bertz CT molecular complexity index is 457. The number of ketones is 1. The first-order valence-electron chi connectivity index (χ1n) is 5.01. The number of rotatable bonds is 2. The molecule has 82 valence electrons. The SMILES string of the molecule is CC(=O)CN1C(=O)C2=CC(C=CC=C2)C1=O. The normalized spacial score (nSPS) is 23.2. The van der Waals surface area contributed by atoms with E-state index in [1.54, 1.807) is 30.4 Å². The van der Waals surface area contributed by atoms with E-state index in [1.807, 2.05) is 0 Å². The molecule has 2 bridgehead atoms. The van der Waals surface area contributed by atoms with Crippen LogP contribution in [0.1, 0.15) is 6.92 Å². The number of nitrogens with zero attached hydrogens (tertiary/aromatic N) is 1. The molecule has 0 aromatic carbocycles. The van der Waals surface area contributed by atoms with Crippen molar-refractivity contribution in [2.75, 3.05) is 6.54 Å². The molecule has 1 heterocycles. The van der Waals surface area contributed by atoms with Gasteiger partial charge in [0.2, 0.25) is 5.91 Å². The topological polar surface area (TPSA) is 54.5 Å². The van der Waals surface area contributed by atoms with E-state index in [-0.39, 0.29) is 18.2 Å². The Morgan fingerprint density at radius 3 is 2.81 bits per heavy atom. The van der Waals surface area contributed by atoms with E-state index in [2.05, 4.69) is 0 Å². The highest BCUT2D eigenvalue weighted by Gasteiger charge is 2.33. The molecule has 1 aliphatic carbocycles. The molecule has 1 aliphatic heterocycles. The molecule has 0 N–H and O–H groups in total. The lowest BCUT2D eigenvalue weighted by Gasteiger charge is -2.26. The first-order valence-corrected chi connectivity index (χ1v) is 5.01. The monoisotopic (exact) mass is 217 g/mol. The third-order valence-electron chi connectivity index (χ3n) is 2.49. The zero-order valence-corrected chi connectivity index (χ0v) is 8.84. The van der Waals surface area contributed by atoms with Gasteiger partial charge in [-0.15, -0.1) is 0 Å². The van der Waals surface area contributed by atoms with E-state index >= 15 is 0 Å². The minimum atomic E-state index is -0.429. The number of hydrogen-bond donors (Lipinski definition) is 0. The second-order valence-corrected chi connectivity index (χ2v) is 3.82.